The monoisotopic (exact) mass is 340 g/mol. The summed E-state index contributed by atoms with van der Waals surface area (Å²) in [6.07, 6.45) is 3.94. The first-order valence-electron chi connectivity index (χ1n) is 6.11. The number of nitrogens with one attached hydrogen (secondary N) is 2. The number of hydrogen-bond donors (Lipinski definition) is 3. The summed E-state index contributed by atoms with van der Waals surface area (Å²) in [5, 5.41) is 7.08. The van der Waals surface area contributed by atoms with Gasteiger partial charge in [0.05, 0.1) is 5.03 Å². The van der Waals surface area contributed by atoms with Gasteiger partial charge in [0, 0.05) is 22.3 Å². The van der Waals surface area contributed by atoms with Crippen LogP contribution in [0.3, 0.4) is 0 Å². The van der Waals surface area contributed by atoms with Gasteiger partial charge < -0.3 is 10.6 Å². The fraction of sp³-hybridized carbons (Fsp3) is 0.308. The summed E-state index contributed by atoms with van der Waals surface area (Å²) in [7, 11) is 0. The molecule has 1 aliphatic carbocycles. The molecule has 1 heterocycles. The van der Waals surface area contributed by atoms with Gasteiger partial charge in [-0.1, -0.05) is 39.7 Å². The standard InChI is InChI=1S/C13H14BrClN4/c14-9-3-1-8(2-4-9)13(16)17-7-11(15)12(19-13)18-10-5-6-10/h1-4,7,10,18-19H,5-6,16H2. The number of halogens is 2. The van der Waals surface area contributed by atoms with Crippen molar-refractivity contribution in [2.24, 2.45) is 10.7 Å². The lowest BCUT2D eigenvalue weighted by Gasteiger charge is -2.32. The van der Waals surface area contributed by atoms with Crippen molar-refractivity contribution in [3.63, 3.8) is 0 Å². The van der Waals surface area contributed by atoms with Crippen LogP contribution in [0.5, 0.6) is 0 Å². The molecule has 0 aromatic heterocycles. The smallest absolute Gasteiger partial charge is 0.210 e. The zero-order valence-electron chi connectivity index (χ0n) is 10.2. The highest BCUT2D eigenvalue weighted by molar-refractivity contribution is 9.10. The highest BCUT2D eigenvalue weighted by atomic mass is 79.9. The molecule has 19 heavy (non-hydrogen) atoms. The summed E-state index contributed by atoms with van der Waals surface area (Å²) < 4.78 is 1.00. The average Bonchev–Trinajstić information content (AvgIpc) is 3.19. The number of nitrogens with zero attached hydrogens (tertiary/aromatic N) is 1. The summed E-state index contributed by atoms with van der Waals surface area (Å²) in [4.78, 5) is 4.32. The molecule has 0 amide bonds. The first-order valence-corrected chi connectivity index (χ1v) is 7.28. The Bertz CT molecular complexity index is 550. The van der Waals surface area contributed by atoms with E-state index in [2.05, 4.69) is 31.6 Å². The van der Waals surface area contributed by atoms with E-state index in [1.807, 2.05) is 24.3 Å². The fourth-order valence-corrected chi connectivity index (χ4v) is 2.31. The van der Waals surface area contributed by atoms with Crippen LogP contribution in [0, 0.1) is 0 Å². The van der Waals surface area contributed by atoms with Crippen molar-refractivity contribution in [3.05, 3.63) is 45.2 Å². The summed E-state index contributed by atoms with van der Waals surface area (Å²) in [5.41, 5.74) is 7.20. The van der Waals surface area contributed by atoms with Crippen LogP contribution in [0.25, 0.3) is 0 Å². The number of hydrogen-bond acceptors (Lipinski definition) is 4. The molecule has 1 aromatic rings. The van der Waals surface area contributed by atoms with Crippen molar-refractivity contribution in [3.8, 4) is 0 Å². The maximum absolute atomic E-state index is 6.32. The van der Waals surface area contributed by atoms with E-state index in [1.165, 1.54) is 12.8 Å². The van der Waals surface area contributed by atoms with Gasteiger partial charge in [-0.05, 0) is 25.0 Å². The molecule has 1 saturated carbocycles. The Balaban J connectivity index is 1.85. The number of nitrogens with two attached hydrogens (primary N) is 1. The maximum Gasteiger partial charge on any atom is 0.210 e. The minimum atomic E-state index is -0.976. The molecule has 2 aliphatic rings. The van der Waals surface area contributed by atoms with Crippen molar-refractivity contribution >= 4 is 33.7 Å². The van der Waals surface area contributed by atoms with Crippen LogP contribution in [-0.2, 0) is 5.79 Å². The molecule has 6 heteroatoms. The molecule has 1 fully saturated rings. The first-order chi connectivity index (χ1) is 9.07. The second-order valence-corrected chi connectivity index (χ2v) is 6.12. The van der Waals surface area contributed by atoms with Crippen LogP contribution in [0.1, 0.15) is 18.4 Å². The Kier molecular flexibility index (Phi) is 3.28. The molecular weight excluding hydrogens is 328 g/mol. The number of rotatable bonds is 3. The predicted octanol–water partition coefficient (Wildman–Crippen LogP) is 2.35. The highest BCUT2D eigenvalue weighted by Crippen LogP contribution is 2.27. The quantitative estimate of drug-likeness (QED) is 0.791. The van der Waals surface area contributed by atoms with E-state index in [0.717, 1.165) is 15.9 Å². The Hall–Kier alpha value is -1.04. The van der Waals surface area contributed by atoms with Gasteiger partial charge in [-0.3, -0.25) is 5.73 Å². The van der Waals surface area contributed by atoms with Gasteiger partial charge in [-0.25, -0.2) is 4.99 Å². The van der Waals surface area contributed by atoms with Gasteiger partial charge in [0.25, 0.3) is 0 Å². The van der Waals surface area contributed by atoms with E-state index < -0.39 is 5.79 Å². The molecule has 0 radical (unpaired) electrons. The van der Waals surface area contributed by atoms with Crippen LogP contribution in [-0.4, -0.2) is 12.3 Å². The Morgan fingerprint density at radius 3 is 2.68 bits per heavy atom. The molecule has 100 valence electrons. The van der Waals surface area contributed by atoms with Crippen molar-refractivity contribution in [2.75, 3.05) is 0 Å². The lowest BCUT2D eigenvalue weighted by molar-refractivity contribution is 0.380. The Morgan fingerprint density at radius 1 is 1.37 bits per heavy atom. The first kappa shape index (κ1) is 13.0. The molecule has 4 N–H and O–H groups in total. The summed E-state index contributed by atoms with van der Waals surface area (Å²) >= 11 is 9.54. The van der Waals surface area contributed by atoms with E-state index in [1.54, 1.807) is 6.21 Å². The molecule has 3 rings (SSSR count). The van der Waals surface area contributed by atoms with Crippen LogP contribution in [0.4, 0.5) is 0 Å². The van der Waals surface area contributed by atoms with E-state index in [0.29, 0.717) is 11.1 Å². The molecule has 0 saturated heterocycles. The van der Waals surface area contributed by atoms with E-state index in [9.17, 15) is 0 Å². The summed E-state index contributed by atoms with van der Waals surface area (Å²) in [6, 6.07) is 8.24. The molecule has 0 bridgehead atoms. The van der Waals surface area contributed by atoms with Crippen LogP contribution in [0.15, 0.2) is 44.6 Å². The van der Waals surface area contributed by atoms with Gasteiger partial charge in [0.2, 0.25) is 5.79 Å². The minimum absolute atomic E-state index is 0.497. The number of allylic oxidation sites excluding steroid dienone is 1. The molecule has 4 nitrogen and oxygen atoms in total. The fourth-order valence-electron chi connectivity index (χ4n) is 1.89. The lowest BCUT2D eigenvalue weighted by atomic mass is 10.1. The lowest BCUT2D eigenvalue weighted by Crippen LogP contribution is -2.53. The van der Waals surface area contributed by atoms with Crippen LogP contribution >= 0.6 is 27.5 Å². The molecule has 0 spiro atoms. The van der Waals surface area contributed by atoms with E-state index in [4.69, 9.17) is 17.3 Å². The summed E-state index contributed by atoms with van der Waals surface area (Å²) in [5.74, 6) is -0.222. The minimum Gasteiger partial charge on any atom is -0.368 e. The van der Waals surface area contributed by atoms with Crippen molar-refractivity contribution < 1.29 is 0 Å². The molecule has 1 atom stereocenters. The molecule has 1 aromatic carbocycles. The van der Waals surface area contributed by atoms with Gasteiger partial charge in [-0.2, -0.15) is 0 Å². The number of aliphatic imine (C=N–C) groups is 1. The van der Waals surface area contributed by atoms with Gasteiger partial charge in [0.1, 0.15) is 5.82 Å². The second-order valence-electron chi connectivity index (χ2n) is 4.80. The molecular formula is C13H14BrClN4. The SMILES string of the molecule is NC1(c2ccc(Br)cc2)N=CC(Cl)=C(NC2CC2)N1. The van der Waals surface area contributed by atoms with Gasteiger partial charge >= 0.3 is 0 Å². The Morgan fingerprint density at radius 2 is 2.05 bits per heavy atom. The third kappa shape index (κ3) is 2.78. The van der Waals surface area contributed by atoms with E-state index >= 15 is 0 Å². The third-order valence-electron chi connectivity index (χ3n) is 3.15. The van der Waals surface area contributed by atoms with Crippen LogP contribution in [0.2, 0.25) is 0 Å². The van der Waals surface area contributed by atoms with Gasteiger partial charge in [-0.15, -0.1) is 0 Å². The van der Waals surface area contributed by atoms with Crippen molar-refractivity contribution in [1.29, 1.82) is 0 Å². The molecule has 1 aliphatic heterocycles. The average molecular weight is 342 g/mol. The second kappa shape index (κ2) is 4.81. The Labute approximate surface area is 125 Å². The highest BCUT2D eigenvalue weighted by Gasteiger charge is 2.32. The zero-order valence-corrected chi connectivity index (χ0v) is 12.5. The van der Waals surface area contributed by atoms with Crippen molar-refractivity contribution in [2.45, 2.75) is 24.7 Å². The van der Waals surface area contributed by atoms with Crippen LogP contribution < -0.4 is 16.4 Å². The predicted molar refractivity (Wildman–Crippen MR) is 80.7 cm³/mol. The molecule has 1 unspecified atom stereocenters. The zero-order chi connectivity index (χ0) is 13.5. The maximum atomic E-state index is 6.32. The largest absolute Gasteiger partial charge is 0.368 e. The normalized spacial score (nSPS) is 26.3. The van der Waals surface area contributed by atoms with Gasteiger partial charge in [0.15, 0.2) is 0 Å². The topological polar surface area (TPSA) is 62.4 Å². The summed E-state index contributed by atoms with van der Waals surface area (Å²) in [6.45, 7) is 0. The van der Waals surface area contributed by atoms with Crippen molar-refractivity contribution in [1.82, 2.24) is 10.6 Å². The third-order valence-corrected chi connectivity index (χ3v) is 3.96. The van der Waals surface area contributed by atoms with E-state index in [-0.39, 0.29) is 0 Å². The number of benzene rings is 1.